The van der Waals surface area contributed by atoms with Crippen LogP contribution in [0.1, 0.15) is 43.4 Å². The van der Waals surface area contributed by atoms with Crippen LogP contribution in [-0.4, -0.2) is 32.4 Å². The predicted octanol–water partition coefficient (Wildman–Crippen LogP) is 3.10. The van der Waals surface area contributed by atoms with Gasteiger partial charge in [-0.25, -0.2) is 0 Å². The van der Waals surface area contributed by atoms with E-state index in [2.05, 4.69) is 36.5 Å². The number of ether oxygens (including phenoxy) is 2. The number of fused-ring (bicyclic) bond motifs is 1. The van der Waals surface area contributed by atoms with Crippen molar-refractivity contribution >= 4 is 0 Å². The summed E-state index contributed by atoms with van der Waals surface area (Å²) in [6, 6.07) is 9.13. The molecule has 1 fully saturated rings. The second-order valence-electron chi connectivity index (χ2n) is 6.20. The van der Waals surface area contributed by atoms with Crippen LogP contribution in [0.3, 0.4) is 0 Å². The highest BCUT2D eigenvalue weighted by Gasteiger charge is 2.34. The molecule has 1 saturated heterocycles. The normalized spacial score (nSPS) is 27.1. The van der Waals surface area contributed by atoms with Crippen molar-refractivity contribution in [3.05, 3.63) is 35.4 Å². The van der Waals surface area contributed by atoms with Crippen molar-refractivity contribution in [3.8, 4) is 0 Å². The summed E-state index contributed by atoms with van der Waals surface area (Å²) in [5.74, 6) is 0.557. The van der Waals surface area contributed by atoms with E-state index >= 15 is 0 Å². The third kappa shape index (κ3) is 3.47. The highest BCUT2D eigenvalue weighted by atomic mass is 16.5. The summed E-state index contributed by atoms with van der Waals surface area (Å²) in [6.07, 6.45) is 4.77. The molecule has 21 heavy (non-hydrogen) atoms. The Kier molecular flexibility index (Phi) is 5.28. The predicted molar refractivity (Wildman–Crippen MR) is 84.5 cm³/mol. The molecule has 3 nitrogen and oxygen atoms in total. The standard InChI is InChI=1S/C18H27NO2/c1-2-10-19-17(15-7-5-11-20-13-15)18-16-8-4-3-6-14(16)9-12-21-18/h3-4,6,8,15,17-19H,2,5,7,9-13H2,1H3. The summed E-state index contributed by atoms with van der Waals surface area (Å²) in [7, 11) is 0. The summed E-state index contributed by atoms with van der Waals surface area (Å²) in [5.41, 5.74) is 2.83. The Morgan fingerprint density at radius 1 is 1.29 bits per heavy atom. The molecule has 0 spiro atoms. The Bertz CT molecular complexity index is 443. The summed E-state index contributed by atoms with van der Waals surface area (Å²) in [6.45, 7) is 5.88. The molecular weight excluding hydrogens is 262 g/mol. The van der Waals surface area contributed by atoms with Gasteiger partial charge in [0.2, 0.25) is 0 Å². The van der Waals surface area contributed by atoms with Gasteiger partial charge in [-0.3, -0.25) is 0 Å². The fraction of sp³-hybridized carbons (Fsp3) is 0.667. The van der Waals surface area contributed by atoms with Crippen LogP contribution in [-0.2, 0) is 15.9 Å². The smallest absolute Gasteiger partial charge is 0.0984 e. The quantitative estimate of drug-likeness (QED) is 0.903. The van der Waals surface area contributed by atoms with Crippen LogP contribution >= 0.6 is 0 Å². The van der Waals surface area contributed by atoms with Gasteiger partial charge >= 0.3 is 0 Å². The largest absolute Gasteiger partial charge is 0.381 e. The average molecular weight is 289 g/mol. The summed E-state index contributed by atoms with van der Waals surface area (Å²) >= 11 is 0. The van der Waals surface area contributed by atoms with E-state index in [1.165, 1.54) is 24.0 Å². The SMILES string of the molecule is CCCNC(C1CCCOC1)C1OCCc2ccccc21. The van der Waals surface area contributed by atoms with Crippen LogP contribution in [0.2, 0.25) is 0 Å². The lowest BCUT2D eigenvalue weighted by atomic mass is 9.84. The third-order valence-electron chi connectivity index (χ3n) is 4.69. The summed E-state index contributed by atoms with van der Waals surface area (Å²) in [4.78, 5) is 0. The molecule has 3 heteroatoms. The van der Waals surface area contributed by atoms with Crippen LogP contribution in [0.4, 0.5) is 0 Å². The van der Waals surface area contributed by atoms with E-state index in [4.69, 9.17) is 9.47 Å². The second-order valence-corrected chi connectivity index (χ2v) is 6.20. The van der Waals surface area contributed by atoms with Crippen LogP contribution in [0.15, 0.2) is 24.3 Å². The number of hydrogen-bond donors (Lipinski definition) is 1. The van der Waals surface area contributed by atoms with Crippen LogP contribution in [0.5, 0.6) is 0 Å². The first-order valence-electron chi connectivity index (χ1n) is 8.40. The van der Waals surface area contributed by atoms with Crippen LogP contribution in [0, 0.1) is 5.92 Å². The Labute approximate surface area is 128 Å². The average Bonchev–Trinajstić information content (AvgIpc) is 2.56. The van der Waals surface area contributed by atoms with E-state index in [-0.39, 0.29) is 6.10 Å². The molecular formula is C18H27NO2. The molecule has 116 valence electrons. The highest BCUT2D eigenvalue weighted by Crippen LogP contribution is 2.34. The lowest BCUT2D eigenvalue weighted by Crippen LogP contribution is -2.46. The van der Waals surface area contributed by atoms with E-state index in [0.29, 0.717) is 12.0 Å². The third-order valence-corrected chi connectivity index (χ3v) is 4.69. The molecule has 0 aliphatic carbocycles. The van der Waals surface area contributed by atoms with Gasteiger partial charge in [0.15, 0.2) is 0 Å². The molecule has 2 aliphatic rings. The fourth-order valence-electron chi connectivity index (χ4n) is 3.60. The van der Waals surface area contributed by atoms with E-state index < -0.39 is 0 Å². The van der Waals surface area contributed by atoms with E-state index in [1.54, 1.807) is 0 Å². The molecule has 2 heterocycles. The Morgan fingerprint density at radius 2 is 2.19 bits per heavy atom. The summed E-state index contributed by atoms with van der Waals surface area (Å²) < 4.78 is 11.9. The van der Waals surface area contributed by atoms with Gasteiger partial charge in [-0.2, -0.15) is 0 Å². The molecule has 0 amide bonds. The number of benzene rings is 1. The molecule has 3 unspecified atom stereocenters. The Hall–Kier alpha value is -0.900. The maximum atomic E-state index is 6.20. The number of rotatable bonds is 5. The van der Waals surface area contributed by atoms with E-state index in [0.717, 1.165) is 39.2 Å². The fourth-order valence-corrected chi connectivity index (χ4v) is 3.60. The van der Waals surface area contributed by atoms with Crippen molar-refractivity contribution in [2.45, 2.75) is 44.8 Å². The minimum Gasteiger partial charge on any atom is -0.381 e. The zero-order chi connectivity index (χ0) is 14.5. The molecule has 0 saturated carbocycles. The molecule has 1 N–H and O–H groups in total. The van der Waals surface area contributed by atoms with Gasteiger partial charge in [-0.15, -0.1) is 0 Å². The maximum absolute atomic E-state index is 6.20. The lowest BCUT2D eigenvalue weighted by Gasteiger charge is -2.39. The van der Waals surface area contributed by atoms with Crippen molar-refractivity contribution in [2.24, 2.45) is 5.92 Å². The Balaban J connectivity index is 1.82. The van der Waals surface area contributed by atoms with Crippen molar-refractivity contribution in [1.29, 1.82) is 0 Å². The first-order valence-corrected chi connectivity index (χ1v) is 8.40. The number of hydrogen-bond acceptors (Lipinski definition) is 3. The minimum absolute atomic E-state index is 0.174. The van der Waals surface area contributed by atoms with Gasteiger partial charge in [0.25, 0.3) is 0 Å². The van der Waals surface area contributed by atoms with E-state index in [1.807, 2.05) is 0 Å². The van der Waals surface area contributed by atoms with Gasteiger partial charge in [0.1, 0.15) is 0 Å². The van der Waals surface area contributed by atoms with Crippen LogP contribution < -0.4 is 5.32 Å². The molecule has 1 aromatic rings. The van der Waals surface area contributed by atoms with Gasteiger partial charge in [-0.05, 0) is 43.4 Å². The Morgan fingerprint density at radius 3 is 3.00 bits per heavy atom. The monoisotopic (exact) mass is 289 g/mol. The van der Waals surface area contributed by atoms with Gasteiger partial charge in [-0.1, -0.05) is 31.2 Å². The zero-order valence-corrected chi connectivity index (χ0v) is 13.0. The van der Waals surface area contributed by atoms with Crippen molar-refractivity contribution in [3.63, 3.8) is 0 Å². The topological polar surface area (TPSA) is 30.5 Å². The van der Waals surface area contributed by atoms with Crippen molar-refractivity contribution in [2.75, 3.05) is 26.4 Å². The molecule has 0 aromatic heterocycles. The van der Waals surface area contributed by atoms with Crippen molar-refractivity contribution in [1.82, 2.24) is 5.32 Å². The van der Waals surface area contributed by atoms with Gasteiger partial charge < -0.3 is 14.8 Å². The molecule has 0 radical (unpaired) electrons. The minimum atomic E-state index is 0.174. The lowest BCUT2D eigenvalue weighted by molar-refractivity contribution is -0.0335. The first kappa shape index (κ1) is 15.0. The highest BCUT2D eigenvalue weighted by molar-refractivity contribution is 5.32. The number of nitrogens with one attached hydrogen (secondary N) is 1. The van der Waals surface area contributed by atoms with Crippen molar-refractivity contribution < 1.29 is 9.47 Å². The molecule has 2 aliphatic heterocycles. The maximum Gasteiger partial charge on any atom is 0.0984 e. The molecule has 3 atom stereocenters. The summed E-state index contributed by atoms with van der Waals surface area (Å²) in [5, 5.41) is 3.74. The zero-order valence-electron chi connectivity index (χ0n) is 13.0. The first-order chi connectivity index (χ1) is 10.4. The van der Waals surface area contributed by atoms with E-state index in [9.17, 15) is 0 Å². The molecule has 1 aromatic carbocycles. The van der Waals surface area contributed by atoms with Gasteiger partial charge in [0, 0.05) is 18.6 Å². The van der Waals surface area contributed by atoms with Crippen LogP contribution in [0.25, 0.3) is 0 Å². The van der Waals surface area contributed by atoms with Gasteiger partial charge in [0.05, 0.1) is 19.3 Å². The molecule has 3 rings (SSSR count). The second kappa shape index (κ2) is 7.39. The molecule has 0 bridgehead atoms.